The number of hydrogen-bond donors (Lipinski definition) is 2. The summed E-state index contributed by atoms with van der Waals surface area (Å²) in [7, 11) is 0. The molecule has 0 spiro atoms. The molecule has 2 atom stereocenters. The second-order valence-corrected chi connectivity index (χ2v) is 8.03. The number of rotatable bonds is 2. The van der Waals surface area contributed by atoms with Crippen molar-refractivity contribution in [3.05, 3.63) is 0 Å². The molecule has 1 rings (SSSR count). The van der Waals surface area contributed by atoms with Gasteiger partial charge in [0.1, 0.15) is 17.2 Å². The van der Waals surface area contributed by atoms with Crippen LogP contribution in [0.2, 0.25) is 0 Å². The summed E-state index contributed by atoms with van der Waals surface area (Å²) in [6.07, 6.45) is -1.54. The smallest absolute Gasteiger partial charge is 0.408 e. The van der Waals surface area contributed by atoms with Gasteiger partial charge in [-0.25, -0.2) is 18.4 Å². The van der Waals surface area contributed by atoms with Crippen molar-refractivity contribution in [1.82, 2.24) is 10.6 Å². The van der Waals surface area contributed by atoms with E-state index in [1.165, 1.54) is 0 Å². The van der Waals surface area contributed by atoms with E-state index in [1.54, 1.807) is 41.5 Å². The van der Waals surface area contributed by atoms with Crippen LogP contribution in [-0.4, -0.2) is 41.4 Å². The quantitative estimate of drug-likeness (QED) is 0.798. The predicted octanol–water partition coefficient (Wildman–Crippen LogP) is 3.59. The van der Waals surface area contributed by atoms with Gasteiger partial charge in [0.05, 0.1) is 6.04 Å². The molecule has 24 heavy (non-hydrogen) atoms. The molecule has 2 amide bonds. The number of carbonyl (C=O) groups excluding carboxylic acids is 2. The van der Waals surface area contributed by atoms with Crippen LogP contribution in [0.15, 0.2) is 0 Å². The van der Waals surface area contributed by atoms with Gasteiger partial charge in [0, 0.05) is 6.42 Å². The zero-order valence-electron chi connectivity index (χ0n) is 15.2. The van der Waals surface area contributed by atoms with E-state index in [1.807, 2.05) is 0 Å². The lowest BCUT2D eigenvalue weighted by atomic mass is 9.87. The topological polar surface area (TPSA) is 76.7 Å². The summed E-state index contributed by atoms with van der Waals surface area (Å²) in [5.41, 5.74) is -1.54. The Kier molecular flexibility index (Phi) is 6.05. The van der Waals surface area contributed by atoms with Crippen molar-refractivity contribution in [2.24, 2.45) is 0 Å². The zero-order chi connectivity index (χ0) is 18.8. The van der Waals surface area contributed by atoms with Crippen molar-refractivity contribution >= 4 is 12.2 Å². The van der Waals surface area contributed by atoms with E-state index in [0.29, 0.717) is 6.42 Å². The van der Waals surface area contributed by atoms with Crippen LogP contribution in [0.1, 0.15) is 60.8 Å². The molecule has 140 valence electrons. The van der Waals surface area contributed by atoms with Crippen molar-refractivity contribution in [2.75, 3.05) is 0 Å². The highest BCUT2D eigenvalue weighted by Gasteiger charge is 2.49. The lowest BCUT2D eigenvalue weighted by molar-refractivity contribution is -0.0763. The summed E-state index contributed by atoms with van der Waals surface area (Å²) in [4.78, 5) is 23.7. The largest absolute Gasteiger partial charge is 0.444 e. The van der Waals surface area contributed by atoms with E-state index < -0.39 is 41.4 Å². The van der Waals surface area contributed by atoms with Crippen molar-refractivity contribution in [3.63, 3.8) is 0 Å². The van der Waals surface area contributed by atoms with Crippen LogP contribution in [0.3, 0.4) is 0 Å². The fourth-order valence-corrected chi connectivity index (χ4v) is 2.43. The lowest BCUT2D eigenvalue weighted by Crippen LogP contribution is -2.62. The number of alkyl halides is 2. The second kappa shape index (κ2) is 7.11. The van der Waals surface area contributed by atoms with Crippen molar-refractivity contribution in [1.29, 1.82) is 0 Å². The summed E-state index contributed by atoms with van der Waals surface area (Å²) in [6, 6.07) is -2.48. The van der Waals surface area contributed by atoms with Crippen LogP contribution in [0.4, 0.5) is 18.4 Å². The van der Waals surface area contributed by atoms with E-state index in [-0.39, 0.29) is 12.8 Å². The first-order chi connectivity index (χ1) is 10.7. The molecule has 1 aliphatic carbocycles. The molecule has 0 heterocycles. The van der Waals surface area contributed by atoms with Crippen LogP contribution in [0.5, 0.6) is 0 Å². The molecule has 0 radical (unpaired) electrons. The highest BCUT2D eigenvalue weighted by atomic mass is 19.3. The van der Waals surface area contributed by atoms with Gasteiger partial charge in [-0.05, 0) is 54.4 Å². The minimum atomic E-state index is -3.14. The Morgan fingerprint density at radius 2 is 1.42 bits per heavy atom. The van der Waals surface area contributed by atoms with E-state index in [4.69, 9.17) is 9.47 Å². The third-order valence-electron chi connectivity index (χ3n) is 3.26. The molecule has 1 fully saturated rings. The van der Waals surface area contributed by atoms with E-state index in [2.05, 4.69) is 10.6 Å². The molecule has 6 nitrogen and oxygen atoms in total. The minimum absolute atomic E-state index is 0.236. The number of alkyl carbamates (subject to hydrolysis) is 2. The number of carbonyl (C=O) groups is 2. The molecule has 0 aliphatic heterocycles. The Labute approximate surface area is 141 Å². The van der Waals surface area contributed by atoms with Crippen molar-refractivity contribution < 1.29 is 27.8 Å². The lowest BCUT2D eigenvalue weighted by Gasteiger charge is -2.38. The van der Waals surface area contributed by atoms with Gasteiger partial charge in [-0.3, -0.25) is 0 Å². The highest BCUT2D eigenvalue weighted by molar-refractivity contribution is 5.70. The molecule has 0 saturated heterocycles. The molecule has 2 N–H and O–H groups in total. The summed E-state index contributed by atoms with van der Waals surface area (Å²) >= 11 is 0. The summed E-state index contributed by atoms with van der Waals surface area (Å²) < 4.78 is 38.6. The number of hydrogen-bond acceptors (Lipinski definition) is 4. The summed E-state index contributed by atoms with van der Waals surface area (Å²) in [5, 5.41) is 4.64. The Hall–Kier alpha value is -1.60. The summed E-state index contributed by atoms with van der Waals surface area (Å²) in [6.45, 7) is 9.96. The van der Waals surface area contributed by atoms with E-state index >= 15 is 0 Å². The number of ether oxygens (including phenoxy) is 2. The molecule has 0 aromatic heterocycles. The first-order valence-corrected chi connectivity index (χ1v) is 8.06. The van der Waals surface area contributed by atoms with Crippen LogP contribution >= 0.6 is 0 Å². The molecule has 1 saturated carbocycles. The normalized spacial score (nSPS) is 24.0. The van der Waals surface area contributed by atoms with E-state index in [0.717, 1.165) is 0 Å². The molecule has 0 unspecified atom stereocenters. The molecule has 0 bridgehead atoms. The fourth-order valence-electron chi connectivity index (χ4n) is 2.43. The minimum Gasteiger partial charge on any atom is -0.444 e. The maximum absolute atomic E-state index is 14.2. The number of halogens is 2. The number of nitrogens with one attached hydrogen (secondary N) is 2. The Morgan fingerprint density at radius 1 is 0.958 bits per heavy atom. The molecule has 1 aliphatic rings. The van der Waals surface area contributed by atoms with E-state index in [9.17, 15) is 18.4 Å². The van der Waals surface area contributed by atoms with Crippen LogP contribution in [-0.2, 0) is 9.47 Å². The van der Waals surface area contributed by atoms with Crippen LogP contribution < -0.4 is 10.6 Å². The third kappa shape index (κ3) is 6.88. The van der Waals surface area contributed by atoms with Crippen LogP contribution in [0.25, 0.3) is 0 Å². The monoisotopic (exact) mass is 350 g/mol. The second-order valence-electron chi connectivity index (χ2n) is 8.03. The molecule has 0 aromatic rings. The first kappa shape index (κ1) is 20.4. The standard InChI is InChI=1S/C16H28F2N2O4/c1-14(2,3)23-12(21)19-10-8-7-9-16(17,18)11(10)20-13(22)24-15(4,5)6/h10-11H,7-9H2,1-6H3,(H,19,21)(H,20,22)/t10-,11-/m1/s1. The van der Waals surface area contributed by atoms with Gasteiger partial charge in [0.15, 0.2) is 0 Å². The van der Waals surface area contributed by atoms with Gasteiger partial charge in [-0.2, -0.15) is 0 Å². The zero-order valence-corrected chi connectivity index (χ0v) is 15.2. The van der Waals surface area contributed by atoms with Crippen molar-refractivity contribution in [3.8, 4) is 0 Å². The average Bonchev–Trinajstić information content (AvgIpc) is 2.28. The Bertz CT molecular complexity index is 470. The summed E-state index contributed by atoms with van der Waals surface area (Å²) in [5.74, 6) is -3.14. The van der Waals surface area contributed by atoms with Gasteiger partial charge >= 0.3 is 12.2 Å². The SMILES string of the molecule is CC(C)(C)OC(=O)N[C@@H]1[C@H](NC(=O)OC(C)(C)C)CCCC1(F)F. The highest BCUT2D eigenvalue weighted by Crippen LogP contribution is 2.34. The maximum Gasteiger partial charge on any atom is 0.408 e. The third-order valence-corrected chi connectivity index (χ3v) is 3.26. The van der Waals surface area contributed by atoms with Gasteiger partial charge in [0.2, 0.25) is 0 Å². The van der Waals surface area contributed by atoms with Crippen LogP contribution in [0, 0.1) is 0 Å². The van der Waals surface area contributed by atoms with Crippen molar-refractivity contribution in [2.45, 2.75) is 90.0 Å². The fraction of sp³-hybridized carbons (Fsp3) is 0.875. The Balaban J connectivity index is 2.80. The average molecular weight is 350 g/mol. The molecular formula is C16H28F2N2O4. The number of amides is 2. The van der Waals surface area contributed by atoms with Gasteiger partial charge in [-0.1, -0.05) is 0 Å². The van der Waals surface area contributed by atoms with Gasteiger partial charge < -0.3 is 20.1 Å². The first-order valence-electron chi connectivity index (χ1n) is 8.06. The van der Waals surface area contributed by atoms with Gasteiger partial charge in [0.25, 0.3) is 5.92 Å². The molecule has 0 aromatic carbocycles. The molecule has 8 heteroatoms. The maximum atomic E-state index is 14.2. The van der Waals surface area contributed by atoms with Gasteiger partial charge in [-0.15, -0.1) is 0 Å². The Morgan fingerprint density at radius 3 is 1.88 bits per heavy atom. The predicted molar refractivity (Wildman–Crippen MR) is 85.1 cm³/mol. The molecular weight excluding hydrogens is 322 g/mol.